The molecule has 33 heavy (non-hydrogen) atoms. The zero-order valence-corrected chi connectivity index (χ0v) is 18.5. The minimum Gasteiger partial charge on any atom is -0.468 e. The number of anilines is 1. The second-order valence-electron chi connectivity index (χ2n) is 8.14. The van der Waals surface area contributed by atoms with Gasteiger partial charge < -0.3 is 9.64 Å². The summed E-state index contributed by atoms with van der Waals surface area (Å²) < 4.78 is 4.68. The first kappa shape index (κ1) is 20.7. The first-order chi connectivity index (χ1) is 15.9. The van der Waals surface area contributed by atoms with Crippen molar-refractivity contribution in [2.45, 2.75) is 19.1 Å². The number of hydrogen-bond donors (Lipinski definition) is 0. The zero-order valence-electron chi connectivity index (χ0n) is 18.5. The topological polar surface area (TPSA) is 85.8 Å². The summed E-state index contributed by atoms with van der Waals surface area (Å²) in [5, 5.41) is 0. The van der Waals surface area contributed by atoms with Crippen LogP contribution in [0.1, 0.15) is 11.1 Å². The molecule has 0 aromatic heterocycles. The monoisotopic (exact) mass is 445 g/mol. The van der Waals surface area contributed by atoms with Gasteiger partial charge in [-0.2, -0.15) is 0 Å². The number of hydrogen-bond acceptors (Lipinski definition) is 7. The number of carbonyl (C=O) groups excluding carboxylic acids is 3. The van der Waals surface area contributed by atoms with Gasteiger partial charge in [-0.15, -0.1) is 0 Å². The maximum Gasteiger partial charge on any atom is 0.328 e. The molecule has 2 atom stereocenters. The van der Waals surface area contributed by atoms with Gasteiger partial charge in [0.2, 0.25) is 5.96 Å². The van der Waals surface area contributed by atoms with Crippen LogP contribution in [0.15, 0.2) is 65.8 Å². The molecule has 0 spiro atoms. The van der Waals surface area contributed by atoms with Crippen LogP contribution >= 0.6 is 0 Å². The third-order valence-electron chi connectivity index (χ3n) is 6.06. The van der Waals surface area contributed by atoms with Crippen LogP contribution in [-0.2, 0) is 14.3 Å². The Labute approximate surface area is 191 Å². The molecule has 1 saturated heterocycles. The number of ether oxygens (including phenoxy) is 1. The van der Waals surface area contributed by atoms with E-state index in [9.17, 15) is 14.4 Å². The summed E-state index contributed by atoms with van der Waals surface area (Å²) in [6, 6.07) is 16.5. The number of aliphatic imine (C=N–C) groups is 1. The van der Waals surface area contributed by atoms with Crippen LogP contribution in [0.25, 0.3) is 5.70 Å². The summed E-state index contributed by atoms with van der Waals surface area (Å²) in [6.45, 7) is 1.57. The molecule has 5 rings (SSSR count). The third kappa shape index (κ3) is 3.24. The molecule has 3 amide bonds. The van der Waals surface area contributed by atoms with Gasteiger partial charge in [-0.3, -0.25) is 24.3 Å². The number of rotatable bonds is 4. The molecule has 3 aliphatic heterocycles. The molecule has 2 unspecified atom stereocenters. The molecular formula is C24H23N5O4. The van der Waals surface area contributed by atoms with E-state index in [0.29, 0.717) is 5.96 Å². The SMILES string of the molecule is COC(=O)CN1C(=O)C2C(N=C3N(c4cccc(C)c4)C(c4ccccc4)=CN32)N(C)C1=O. The molecule has 9 heteroatoms. The van der Waals surface area contributed by atoms with Crippen molar-refractivity contribution in [3.63, 3.8) is 0 Å². The largest absolute Gasteiger partial charge is 0.468 e. The highest BCUT2D eigenvalue weighted by Crippen LogP contribution is 2.40. The van der Waals surface area contributed by atoms with Gasteiger partial charge in [-0.1, -0.05) is 42.5 Å². The molecule has 9 nitrogen and oxygen atoms in total. The lowest BCUT2D eigenvalue weighted by Crippen LogP contribution is -2.65. The summed E-state index contributed by atoms with van der Waals surface area (Å²) in [5.41, 5.74) is 3.82. The average molecular weight is 445 g/mol. The van der Waals surface area contributed by atoms with E-state index >= 15 is 0 Å². The summed E-state index contributed by atoms with van der Waals surface area (Å²) in [7, 11) is 2.81. The lowest BCUT2D eigenvalue weighted by atomic mass is 10.1. The Balaban J connectivity index is 1.60. The standard InChI is InChI=1S/C24H23N5O4/c1-15-8-7-11-17(12-15)29-18(16-9-5-4-6-10-16)13-27-20-21(25-23(27)29)26(2)24(32)28(22(20)31)14-19(30)33-3/h4-13,20-21H,14H2,1-3H3. The number of aryl methyl sites for hydroxylation is 1. The Morgan fingerprint density at radius 2 is 1.85 bits per heavy atom. The molecular weight excluding hydrogens is 422 g/mol. The van der Waals surface area contributed by atoms with Crippen molar-refractivity contribution >= 4 is 35.3 Å². The molecule has 3 aliphatic rings. The molecule has 168 valence electrons. The van der Waals surface area contributed by atoms with Gasteiger partial charge in [0, 0.05) is 24.5 Å². The molecule has 2 aromatic carbocycles. The highest BCUT2D eigenvalue weighted by atomic mass is 16.5. The van der Waals surface area contributed by atoms with Gasteiger partial charge in [0.25, 0.3) is 5.91 Å². The van der Waals surface area contributed by atoms with Gasteiger partial charge in [-0.05, 0) is 24.6 Å². The Bertz CT molecular complexity index is 1210. The fourth-order valence-electron chi connectivity index (χ4n) is 4.41. The smallest absolute Gasteiger partial charge is 0.328 e. The molecule has 0 bridgehead atoms. The predicted molar refractivity (Wildman–Crippen MR) is 122 cm³/mol. The predicted octanol–water partition coefficient (Wildman–Crippen LogP) is 2.25. The van der Waals surface area contributed by atoms with Crippen molar-refractivity contribution < 1.29 is 19.1 Å². The average Bonchev–Trinajstić information content (AvgIpc) is 3.37. The van der Waals surface area contributed by atoms with Crippen molar-refractivity contribution in [3.8, 4) is 0 Å². The van der Waals surface area contributed by atoms with Gasteiger partial charge in [0.15, 0.2) is 12.2 Å². The van der Waals surface area contributed by atoms with Gasteiger partial charge in [-0.25, -0.2) is 9.79 Å². The van der Waals surface area contributed by atoms with E-state index in [-0.39, 0.29) is 0 Å². The number of methoxy groups -OCH3 is 1. The first-order valence-corrected chi connectivity index (χ1v) is 10.6. The second kappa shape index (κ2) is 7.77. The van der Waals surface area contributed by atoms with Crippen LogP contribution in [0.3, 0.4) is 0 Å². The molecule has 0 saturated carbocycles. The zero-order chi connectivity index (χ0) is 23.3. The van der Waals surface area contributed by atoms with E-state index in [0.717, 1.165) is 27.4 Å². The number of benzene rings is 2. The Morgan fingerprint density at radius 3 is 2.55 bits per heavy atom. The first-order valence-electron chi connectivity index (χ1n) is 10.6. The summed E-state index contributed by atoms with van der Waals surface area (Å²) in [6.07, 6.45) is 1.19. The van der Waals surface area contributed by atoms with Crippen LogP contribution < -0.4 is 4.90 Å². The number of imide groups is 1. The number of urea groups is 1. The van der Waals surface area contributed by atoms with Crippen molar-refractivity contribution in [1.82, 2.24) is 14.7 Å². The van der Waals surface area contributed by atoms with Crippen LogP contribution in [0.2, 0.25) is 0 Å². The number of guanidine groups is 1. The van der Waals surface area contributed by atoms with Crippen LogP contribution in [0, 0.1) is 6.92 Å². The van der Waals surface area contributed by atoms with E-state index < -0.39 is 36.7 Å². The highest BCUT2D eigenvalue weighted by Gasteiger charge is 2.55. The fraction of sp³-hybridized carbons (Fsp3) is 0.250. The molecule has 2 aromatic rings. The molecule has 0 aliphatic carbocycles. The lowest BCUT2D eigenvalue weighted by molar-refractivity contribution is -0.148. The lowest BCUT2D eigenvalue weighted by Gasteiger charge is -2.39. The van der Waals surface area contributed by atoms with Gasteiger partial charge in [0.05, 0.1) is 12.8 Å². The van der Waals surface area contributed by atoms with Crippen LogP contribution in [0.4, 0.5) is 10.5 Å². The van der Waals surface area contributed by atoms with Crippen LogP contribution in [-0.4, -0.2) is 71.5 Å². The highest BCUT2D eigenvalue weighted by molar-refractivity contribution is 6.16. The van der Waals surface area contributed by atoms with Crippen molar-refractivity contribution in [3.05, 3.63) is 71.9 Å². The van der Waals surface area contributed by atoms with Gasteiger partial charge in [0.1, 0.15) is 6.54 Å². The summed E-state index contributed by atoms with van der Waals surface area (Å²) in [4.78, 5) is 49.0. The number of esters is 1. The van der Waals surface area contributed by atoms with E-state index in [1.807, 2.05) is 72.6 Å². The number of carbonyl (C=O) groups is 3. The van der Waals surface area contributed by atoms with E-state index in [1.165, 1.54) is 12.0 Å². The van der Waals surface area contributed by atoms with E-state index in [2.05, 4.69) is 4.74 Å². The molecule has 0 N–H and O–H groups in total. The van der Waals surface area contributed by atoms with Crippen molar-refractivity contribution in [1.29, 1.82) is 0 Å². The number of fused-ring (bicyclic) bond motifs is 3. The second-order valence-corrected chi connectivity index (χ2v) is 8.14. The molecule has 0 radical (unpaired) electrons. The summed E-state index contributed by atoms with van der Waals surface area (Å²) in [5.74, 6) is -0.588. The Hall–Kier alpha value is -4.14. The molecule has 3 heterocycles. The number of amides is 3. The summed E-state index contributed by atoms with van der Waals surface area (Å²) >= 11 is 0. The van der Waals surface area contributed by atoms with Crippen molar-refractivity contribution in [2.24, 2.45) is 4.99 Å². The molecule has 1 fully saturated rings. The fourth-order valence-corrected chi connectivity index (χ4v) is 4.41. The maximum atomic E-state index is 13.4. The Kier molecular flexibility index (Phi) is 4.88. The maximum absolute atomic E-state index is 13.4. The number of likely N-dealkylation sites (N-methyl/N-ethyl adjacent to an activating group) is 1. The quantitative estimate of drug-likeness (QED) is 0.671. The van der Waals surface area contributed by atoms with E-state index in [4.69, 9.17) is 4.99 Å². The van der Waals surface area contributed by atoms with Gasteiger partial charge >= 0.3 is 12.0 Å². The minimum absolute atomic E-state index is 0.443. The third-order valence-corrected chi connectivity index (χ3v) is 6.06. The van der Waals surface area contributed by atoms with Crippen molar-refractivity contribution in [2.75, 3.05) is 25.6 Å². The Morgan fingerprint density at radius 1 is 1.09 bits per heavy atom. The normalized spacial score (nSPS) is 21.7. The van der Waals surface area contributed by atoms with Crippen LogP contribution in [0.5, 0.6) is 0 Å². The van der Waals surface area contributed by atoms with E-state index in [1.54, 1.807) is 11.9 Å². The number of nitrogens with zero attached hydrogens (tertiary/aromatic N) is 5. The minimum atomic E-state index is -0.777.